The molecule has 0 saturated carbocycles. The summed E-state index contributed by atoms with van der Waals surface area (Å²) in [7, 11) is 0. The van der Waals surface area contributed by atoms with Crippen LogP contribution in [0, 0.1) is 6.92 Å². The molecule has 0 aliphatic carbocycles. The summed E-state index contributed by atoms with van der Waals surface area (Å²) < 4.78 is 8.40. The Balaban J connectivity index is 1.20. The van der Waals surface area contributed by atoms with Gasteiger partial charge in [0.25, 0.3) is 5.91 Å². The van der Waals surface area contributed by atoms with Crippen LogP contribution in [0.5, 0.6) is 5.75 Å². The Morgan fingerprint density at radius 1 is 0.891 bits per heavy atom. The first-order chi connectivity index (χ1) is 26.8. The number of aromatic nitrogens is 4. The molecule has 286 valence electrons. The molecule has 0 saturated heterocycles. The molecular formula is C43H48ClN7O3S. The molecule has 0 bridgehead atoms. The molecule has 0 fully saturated rings. The zero-order valence-corrected chi connectivity index (χ0v) is 33.2. The molecule has 2 atom stereocenters. The number of hydrogen-bond acceptors (Lipinski definition) is 8. The van der Waals surface area contributed by atoms with Crippen LogP contribution in [-0.2, 0) is 9.59 Å². The molecule has 12 heteroatoms. The predicted molar refractivity (Wildman–Crippen MR) is 221 cm³/mol. The second kappa shape index (κ2) is 19.5. The highest BCUT2D eigenvalue weighted by molar-refractivity contribution is 7.99. The fraction of sp³-hybridized carbons (Fsp3) is 0.349. The second-order valence-electron chi connectivity index (χ2n) is 13.8. The van der Waals surface area contributed by atoms with Gasteiger partial charge in [-0.05, 0) is 73.2 Å². The van der Waals surface area contributed by atoms with Gasteiger partial charge in [0.05, 0.1) is 17.1 Å². The third-order valence-electron chi connectivity index (χ3n) is 9.51. The molecule has 0 spiro atoms. The third-order valence-corrected chi connectivity index (χ3v) is 10.8. The van der Waals surface area contributed by atoms with Gasteiger partial charge in [-0.25, -0.2) is 0 Å². The molecule has 2 unspecified atom stereocenters. The summed E-state index contributed by atoms with van der Waals surface area (Å²) in [6.07, 6.45) is 9.91. The summed E-state index contributed by atoms with van der Waals surface area (Å²) in [5.41, 5.74) is 4.85. The number of ether oxygens (including phenoxy) is 1. The van der Waals surface area contributed by atoms with E-state index in [1.54, 1.807) is 28.9 Å². The van der Waals surface area contributed by atoms with E-state index in [1.807, 2.05) is 73.7 Å². The number of anilines is 2. The number of carbonyl (C=O) groups excluding carboxylic acids is 2. The number of nitrogens with one attached hydrogen (secondary N) is 1. The number of amides is 2. The van der Waals surface area contributed by atoms with Crippen LogP contribution in [0.1, 0.15) is 100.0 Å². The summed E-state index contributed by atoms with van der Waals surface area (Å²) in [6.45, 7) is 6.30. The van der Waals surface area contributed by atoms with Crippen molar-refractivity contribution in [1.82, 2.24) is 20.2 Å². The predicted octanol–water partition coefficient (Wildman–Crippen LogP) is 10.5. The van der Waals surface area contributed by atoms with Crippen LogP contribution < -0.4 is 15.1 Å². The van der Waals surface area contributed by atoms with Crippen LogP contribution in [-0.4, -0.2) is 43.8 Å². The van der Waals surface area contributed by atoms with Gasteiger partial charge in [0.1, 0.15) is 11.5 Å². The number of unbranched alkanes of at least 4 members (excludes halogenated alkanes) is 8. The molecule has 1 aliphatic rings. The molecule has 1 N–H and O–H groups in total. The van der Waals surface area contributed by atoms with E-state index in [1.165, 1.54) is 55.3 Å². The van der Waals surface area contributed by atoms with Crippen molar-refractivity contribution >= 4 is 52.3 Å². The standard InChI is InChI=1S/C43H48ClN7O3S/c1-4-5-6-7-8-9-10-11-15-22-39(52)45-36-20-16-17-21-37(36)51-42(53)41(40(47-51)32-24-26-33(44)27-25-32)54-38-28-23-30(2)29-35(38)31(3)55-43-46-48-49-50(43)34-18-13-12-14-19-34/h12-14,16-21,23-29,31,41H,4-11,15,22H2,1-3H3,(H,45,52). The minimum atomic E-state index is -1.08. The number of hydrazone groups is 1. The number of hydrogen-bond donors (Lipinski definition) is 1. The van der Waals surface area contributed by atoms with E-state index in [0.717, 1.165) is 36.1 Å². The van der Waals surface area contributed by atoms with Crippen LogP contribution >= 0.6 is 23.4 Å². The number of tetrazole rings is 1. The van der Waals surface area contributed by atoms with Gasteiger partial charge in [-0.1, -0.05) is 142 Å². The summed E-state index contributed by atoms with van der Waals surface area (Å²) in [6, 6.07) is 30.0. The first-order valence-electron chi connectivity index (χ1n) is 19.2. The highest BCUT2D eigenvalue weighted by Gasteiger charge is 2.41. The van der Waals surface area contributed by atoms with Gasteiger partial charge in [0.2, 0.25) is 17.2 Å². The lowest BCUT2D eigenvalue weighted by Gasteiger charge is -2.22. The zero-order valence-electron chi connectivity index (χ0n) is 31.7. The van der Waals surface area contributed by atoms with E-state index >= 15 is 0 Å². The highest BCUT2D eigenvalue weighted by Crippen LogP contribution is 2.40. The van der Waals surface area contributed by atoms with Crippen molar-refractivity contribution in [3.8, 4) is 11.4 Å². The Morgan fingerprint density at radius 3 is 2.33 bits per heavy atom. The van der Waals surface area contributed by atoms with Crippen molar-refractivity contribution in [1.29, 1.82) is 0 Å². The zero-order chi connectivity index (χ0) is 38.6. The van der Waals surface area contributed by atoms with Crippen LogP contribution in [0.4, 0.5) is 11.4 Å². The molecule has 10 nitrogen and oxygen atoms in total. The van der Waals surface area contributed by atoms with Gasteiger partial charge < -0.3 is 10.1 Å². The highest BCUT2D eigenvalue weighted by atomic mass is 35.5. The molecule has 55 heavy (non-hydrogen) atoms. The number of rotatable bonds is 19. The number of benzene rings is 4. The van der Waals surface area contributed by atoms with E-state index in [2.05, 4.69) is 40.8 Å². The van der Waals surface area contributed by atoms with Crippen molar-refractivity contribution in [2.24, 2.45) is 5.10 Å². The van der Waals surface area contributed by atoms with Gasteiger partial charge in [-0.3, -0.25) is 9.59 Å². The Labute approximate surface area is 332 Å². The lowest BCUT2D eigenvalue weighted by Crippen LogP contribution is -2.37. The Kier molecular flexibility index (Phi) is 14.1. The van der Waals surface area contributed by atoms with E-state index in [-0.39, 0.29) is 17.1 Å². The molecule has 1 aliphatic heterocycles. The minimum absolute atomic E-state index is 0.0918. The molecule has 2 heterocycles. The van der Waals surface area contributed by atoms with Crippen LogP contribution in [0.15, 0.2) is 107 Å². The first kappa shape index (κ1) is 39.7. The Morgan fingerprint density at radius 2 is 1.58 bits per heavy atom. The number of aryl methyl sites for hydroxylation is 1. The molecule has 0 radical (unpaired) electrons. The van der Waals surface area contributed by atoms with Gasteiger partial charge in [-0.15, -0.1) is 5.10 Å². The molecule has 5 aromatic rings. The van der Waals surface area contributed by atoms with E-state index in [4.69, 9.17) is 21.4 Å². The average molecular weight is 778 g/mol. The average Bonchev–Trinajstić information content (AvgIpc) is 3.79. The lowest BCUT2D eigenvalue weighted by molar-refractivity contribution is -0.122. The number of halogens is 1. The number of carbonyl (C=O) groups is 2. The quantitative estimate of drug-likeness (QED) is 0.0656. The lowest BCUT2D eigenvalue weighted by atomic mass is 10.0. The van der Waals surface area contributed by atoms with Crippen LogP contribution in [0.25, 0.3) is 5.69 Å². The number of thioether (sulfide) groups is 1. The summed E-state index contributed by atoms with van der Waals surface area (Å²) in [5, 5.41) is 22.7. The fourth-order valence-electron chi connectivity index (χ4n) is 6.54. The van der Waals surface area contributed by atoms with Gasteiger partial charge >= 0.3 is 0 Å². The van der Waals surface area contributed by atoms with Crippen LogP contribution in [0.2, 0.25) is 5.02 Å². The van der Waals surface area contributed by atoms with Crippen molar-refractivity contribution in [2.45, 2.75) is 101 Å². The third kappa shape index (κ3) is 10.4. The van der Waals surface area contributed by atoms with Gasteiger partial charge in [0, 0.05) is 27.8 Å². The minimum Gasteiger partial charge on any atom is -0.474 e. The summed E-state index contributed by atoms with van der Waals surface area (Å²) >= 11 is 7.75. The van der Waals surface area contributed by atoms with Crippen molar-refractivity contribution in [3.05, 3.63) is 119 Å². The maximum Gasteiger partial charge on any atom is 0.294 e. The summed E-state index contributed by atoms with van der Waals surface area (Å²) in [5.74, 6) is 0.0602. The Hall–Kier alpha value is -5.00. The van der Waals surface area contributed by atoms with Crippen molar-refractivity contribution in [3.63, 3.8) is 0 Å². The Bertz CT molecular complexity index is 2070. The fourth-order valence-corrected chi connectivity index (χ4v) is 7.62. The topological polar surface area (TPSA) is 115 Å². The molecule has 1 aromatic heterocycles. The van der Waals surface area contributed by atoms with Gasteiger partial charge in [0.15, 0.2) is 0 Å². The molecular weight excluding hydrogens is 730 g/mol. The smallest absolute Gasteiger partial charge is 0.294 e. The van der Waals surface area contributed by atoms with E-state index < -0.39 is 6.10 Å². The monoisotopic (exact) mass is 777 g/mol. The largest absolute Gasteiger partial charge is 0.474 e. The van der Waals surface area contributed by atoms with E-state index in [0.29, 0.717) is 45.0 Å². The number of nitrogens with zero attached hydrogens (tertiary/aromatic N) is 6. The first-order valence-corrected chi connectivity index (χ1v) is 20.4. The molecule has 2 amide bonds. The summed E-state index contributed by atoms with van der Waals surface area (Å²) in [4.78, 5) is 27.6. The number of para-hydroxylation sites is 3. The van der Waals surface area contributed by atoms with E-state index in [9.17, 15) is 9.59 Å². The normalized spacial score (nSPS) is 14.5. The van der Waals surface area contributed by atoms with Crippen molar-refractivity contribution in [2.75, 3.05) is 10.3 Å². The SMILES string of the molecule is CCCCCCCCCCCC(=O)Nc1ccccc1N1N=C(c2ccc(Cl)cc2)C(Oc2ccc(C)cc2C(C)Sc2nnnn2-c2ccccc2)C1=O. The van der Waals surface area contributed by atoms with Crippen LogP contribution in [0.3, 0.4) is 0 Å². The van der Waals surface area contributed by atoms with Gasteiger partial charge in [-0.2, -0.15) is 14.8 Å². The maximum absolute atomic E-state index is 14.5. The maximum atomic E-state index is 14.5. The van der Waals surface area contributed by atoms with Crippen molar-refractivity contribution < 1.29 is 14.3 Å². The molecule has 4 aromatic carbocycles. The second-order valence-corrected chi connectivity index (χ2v) is 15.5. The molecule has 6 rings (SSSR count).